The van der Waals surface area contributed by atoms with Gasteiger partial charge in [0.2, 0.25) is 0 Å². The Bertz CT molecular complexity index is 2240. The van der Waals surface area contributed by atoms with Crippen LogP contribution in [0.2, 0.25) is 0 Å². The summed E-state index contributed by atoms with van der Waals surface area (Å²) in [4.78, 5) is 0. The number of hydrogen-bond acceptors (Lipinski definition) is 3. The van der Waals surface area contributed by atoms with Gasteiger partial charge in [-0.2, -0.15) is 0 Å². The van der Waals surface area contributed by atoms with Crippen molar-refractivity contribution in [3.63, 3.8) is 0 Å². The van der Waals surface area contributed by atoms with Crippen LogP contribution in [-0.2, 0) is 52.1 Å². The number of fused-ring (bicyclic) bond motifs is 2. The Morgan fingerprint density at radius 2 is 0.571 bits per heavy atom. The van der Waals surface area contributed by atoms with Crippen LogP contribution in [0.5, 0.6) is 0 Å². The van der Waals surface area contributed by atoms with E-state index in [1.54, 1.807) is 0 Å². The molecule has 4 heteroatoms. The molecule has 0 saturated heterocycles. The lowest BCUT2D eigenvalue weighted by molar-refractivity contribution is 0.0109. The van der Waals surface area contributed by atoms with E-state index >= 15 is 4.57 Å². The van der Waals surface area contributed by atoms with Crippen LogP contribution in [0.1, 0.15) is 33.4 Å². The van der Waals surface area contributed by atoms with E-state index in [2.05, 4.69) is 182 Å². The van der Waals surface area contributed by atoms with Gasteiger partial charge in [0.05, 0.1) is 11.2 Å². The second-order valence-electron chi connectivity index (χ2n) is 15.2. The largest absolute Gasteiger partial charge is 0.320 e. The van der Waals surface area contributed by atoms with Crippen LogP contribution in [0.25, 0.3) is 21.5 Å². The van der Waals surface area contributed by atoms with Gasteiger partial charge in [-0.3, -0.25) is 4.57 Å². The summed E-state index contributed by atoms with van der Waals surface area (Å²) < 4.78 is 29.4. The van der Waals surface area contributed by atoms with Crippen molar-refractivity contribution in [3.8, 4) is 0 Å². The third kappa shape index (κ3) is 9.62. The molecule has 56 heavy (non-hydrogen) atoms. The normalized spacial score (nSPS) is 12.0. The van der Waals surface area contributed by atoms with E-state index in [1.807, 2.05) is 24.3 Å². The van der Waals surface area contributed by atoms with Crippen molar-refractivity contribution < 1.29 is 13.6 Å². The Balaban J connectivity index is 1.22. The first-order chi connectivity index (χ1) is 27.5. The highest BCUT2D eigenvalue weighted by Gasteiger charge is 2.40. The van der Waals surface area contributed by atoms with Crippen LogP contribution >= 0.6 is 8.25 Å². The standard InChI is InChI=1S/C52H47O3P/c53-56(54-51(35-41-17-5-1-6-18-41,36-42-19-7-2-8-20-42)39-45-29-31-47-25-13-15-27-49(47)33-45)55-52(37-43-21-9-3-10-22-43,38-44-23-11-4-12-24-44)40-46-30-32-48-26-14-16-28-50(48)34-46/h1-34,56H,35-40H2. The SMILES string of the molecule is O=[PH](OC(Cc1ccccc1)(Cc1ccccc1)Cc1ccc2ccccc2c1)OC(Cc1ccccc1)(Cc1ccccc1)Cc1ccc2ccccc2c1. The second-order valence-corrected chi connectivity index (χ2v) is 16.1. The summed E-state index contributed by atoms with van der Waals surface area (Å²) in [7, 11) is -3.15. The maximum atomic E-state index is 15.2. The molecule has 8 aromatic carbocycles. The van der Waals surface area contributed by atoms with E-state index in [1.165, 1.54) is 21.5 Å². The maximum Gasteiger partial charge on any atom is 0.320 e. The third-order valence-electron chi connectivity index (χ3n) is 10.8. The molecular formula is C52H47O3P. The van der Waals surface area contributed by atoms with Gasteiger partial charge in [0.15, 0.2) is 0 Å². The minimum Gasteiger partial charge on any atom is -0.303 e. The molecule has 0 amide bonds. The van der Waals surface area contributed by atoms with Crippen LogP contribution in [0.15, 0.2) is 206 Å². The number of rotatable bonds is 16. The molecule has 0 atom stereocenters. The Labute approximate surface area is 331 Å². The monoisotopic (exact) mass is 750 g/mol. The van der Waals surface area contributed by atoms with Crippen molar-refractivity contribution in [2.45, 2.75) is 49.7 Å². The lowest BCUT2D eigenvalue weighted by Crippen LogP contribution is -2.41. The number of benzene rings is 8. The van der Waals surface area contributed by atoms with E-state index in [4.69, 9.17) is 9.05 Å². The summed E-state index contributed by atoms with van der Waals surface area (Å²) in [6.07, 6.45) is 3.34. The average Bonchev–Trinajstić information content (AvgIpc) is 3.22. The highest BCUT2D eigenvalue weighted by molar-refractivity contribution is 7.33. The van der Waals surface area contributed by atoms with Gasteiger partial charge in [0.1, 0.15) is 0 Å². The van der Waals surface area contributed by atoms with Crippen LogP contribution in [0, 0.1) is 0 Å². The Morgan fingerprint density at radius 1 is 0.304 bits per heavy atom. The predicted molar refractivity (Wildman–Crippen MR) is 233 cm³/mol. The van der Waals surface area contributed by atoms with Crippen molar-refractivity contribution in [1.82, 2.24) is 0 Å². The van der Waals surface area contributed by atoms with Crippen LogP contribution in [-0.4, -0.2) is 11.2 Å². The molecule has 0 aliphatic carbocycles. The molecule has 0 radical (unpaired) electrons. The van der Waals surface area contributed by atoms with Gasteiger partial charge in [-0.25, -0.2) is 0 Å². The Kier molecular flexibility index (Phi) is 11.7. The minimum absolute atomic E-state index is 0.552. The molecule has 0 bridgehead atoms. The molecule has 0 heterocycles. The summed E-state index contributed by atoms with van der Waals surface area (Å²) in [5, 5.41) is 4.71. The topological polar surface area (TPSA) is 35.5 Å². The fourth-order valence-electron chi connectivity index (χ4n) is 8.28. The zero-order chi connectivity index (χ0) is 38.0. The van der Waals surface area contributed by atoms with E-state index in [0.717, 1.165) is 33.4 Å². The van der Waals surface area contributed by atoms with Gasteiger partial charge in [-0.05, 0) is 54.9 Å². The highest BCUT2D eigenvalue weighted by Crippen LogP contribution is 2.44. The van der Waals surface area contributed by atoms with Crippen LogP contribution in [0.3, 0.4) is 0 Å². The van der Waals surface area contributed by atoms with Crippen molar-refractivity contribution in [2.24, 2.45) is 0 Å². The molecule has 0 spiro atoms. The van der Waals surface area contributed by atoms with Gasteiger partial charge in [0.25, 0.3) is 0 Å². The molecule has 0 aromatic heterocycles. The quantitative estimate of drug-likeness (QED) is 0.0923. The zero-order valence-corrected chi connectivity index (χ0v) is 32.6. The molecule has 0 N–H and O–H groups in total. The van der Waals surface area contributed by atoms with E-state index in [-0.39, 0.29) is 0 Å². The first kappa shape index (κ1) is 37.4. The average molecular weight is 751 g/mol. The third-order valence-corrected chi connectivity index (χ3v) is 12.0. The van der Waals surface area contributed by atoms with Gasteiger partial charge in [-0.15, -0.1) is 0 Å². The van der Waals surface area contributed by atoms with Crippen LogP contribution < -0.4 is 0 Å². The molecule has 278 valence electrons. The predicted octanol–water partition coefficient (Wildman–Crippen LogP) is 12.6. The van der Waals surface area contributed by atoms with Crippen molar-refractivity contribution in [2.75, 3.05) is 0 Å². The molecule has 8 rings (SSSR count). The van der Waals surface area contributed by atoms with Gasteiger partial charge in [0, 0.05) is 38.5 Å². The van der Waals surface area contributed by atoms with Gasteiger partial charge in [-0.1, -0.05) is 206 Å². The second kappa shape index (κ2) is 17.5. The van der Waals surface area contributed by atoms with Crippen molar-refractivity contribution in [1.29, 1.82) is 0 Å². The molecule has 0 aliphatic rings. The molecule has 8 aromatic rings. The molecule has 0 unspecified atom stereocenters. The Morgan fingerprint density at radius 3 is 0.893 bits per heavy atom. The van der Waals surface area contributed by atoms with Crippen molar-refractivity contribution >= 4 is 29.8 Å². The van der Waals surface area contributed by atoms with Crippen LogP contribution in [0.4, 0.5) is 0 Å². The first-order valence-electron chi connectivity index (χ1n) is 19.5. The maximum absolute atomic E-state index is 15.2. The smallest absolute Gasteiger partial charge is 0.303 e. The summed E-state index contributed by atoms with van der Waals surface area (Å²) in [6.45, 7) is 0. The van der Waals surface area contributed by atoms with E-state index in [0.29, 0.717) is 38.5 Å². The fourth-order valence-corrected chi connectivity index (χ4v) is 9.46. The summed E-state index contributed by atoms with van der Waals surface area (Å²) in [5.41, 5.74) is 4.97. The van der Waals surface area contributed by atoms with Gasteiger partial charge >= 0.3 is 8.25 Å². The molecule has 0 fully saturated rings. The van der Waals surface area contributed by atoms with Gasteiger partial charge < -0.3 is 9.05 Å². The lowest BCUT2D eigenvalue weighted by Gasteiger charge is -2.38. The van der Waals surface area contributed by atoms with E-state index in [9.17, 15) is 0 Å². The zero-order valence-electron chi connectivity index (χ0n) is 31.6. The number of hydrogen-bond donors (Lipinski definition) is 0. The summed E-state index contributed by atoms with van der Waals surface area (Å²) in [6, 6.07) is 71.8. The summed E-state index contributed by atoms with van der Waals surface area (Å²) >= 11 is 0. The Hall–Kier alpha value is -5.57. The molecule has 3 nitrogen and oxygen atoms in total. The summed E-state index contributed by atoms with van der Waals surface area (Å²) in [5.74, 6) is 0. The highest BCUT2D eigenvalue weighted by atomic mass is 31.1. The first-order valence-corrected chi connectivity index (χ1v) is 20.8. The van der Waals surface area contributed by atoms with Crippen molar-refractivity contribution in [3.05, 3.63) is 240 Å². The molecular weight excluding hydrogens is 704 g/mol. The molecule has 0 saturated carbocycles. The lowest BCUT2D eigenvalue weighted by atomic mass is 9.82. The fraction of sp³-hybridized carbons (Fsp3) is 0.154. The minimum atomic E-state index is -3.15. The van der Waals surface area contributed by atoms with E-state index < -0.39 is 19.5 Å². The molecule has 0 aliphatic heterocycles.